The topological polar surface area (TPSA) is 87.7 Å². The molecule has 0 bridgehead atoms. The fraction of sp³-hybridized carbons (Fsp3) is 0.318. The number of morpholine rings is 1. The zero-order valence-electron chi connectivity index (χ0n) is 16.4. The first-order valence-electron chi connectivity index (χ1n) is 9.59. The number of aryl methyl sites for hydroxylation is 1. The van der Waals surface area contributed by atoms with Crippen LogP contribution < -0.4 is 10.6 Å². The Morgan fingerprint density at radius 3 is 2.41 bits per heavy atom. The van der Waals surface area contributed by atoms with Crippen LogP contribution in [-0.2, 0) is 25.7 Å². The Morgan fingerprint density at radius 1 is 1.00 bits per heavy atom. The maximum atomic E-state index is 12.4. The van der Waals surface area contributed by atoms with E-state index in [-0.39, 0.29) is 25.1 Å². The minimum Gasteiger partial charge on any atom is -0.370 e. The highest BCUT2D eigenvalue weighted by Gasteiger charge is 2.26. The number of hydrogen-bond donors (Lipinski definition) is 2. The molecule has 0 aliphatic carbocycles. The summed E-state index contributed by atoms with van der Waals surface area (Å²) in [5.74, 6) is -1.82. The van der Waals surface area contributed by atoms with E-state index in [4.69, 9.17) is 4.74 Å². The number of benzene rings is 2. The molecule has 1 atom stereocenters. The summed E-state index contributed by atoms with van der Waals surface area (Å²) in [7, 11) is 0. The number of rotatable bonds is 5. The summed E-state index contributed by atoms with van der Waals surface area (Å²) in [4.78, 5) is 38.0. The van der Waals surface area contributed by atoms with Crippen molar-refractivity contribution in [2.75, 3.05) is 26.2 Å². The molecule has 1 heterocycles. The third-order valence-electron chi connectivity index (χ3n) is 4.77. The lowest BCUT2D eigenvalue weighted by Crippen LogP contribution is -2.48. The molecule has 1 aliphatic rings. The molecule has 1 saturated heterocycles. The average Bonchev–Trinajstić information content (AvgIpc) is 2.77. The van der Waals surface area contributed by atoms with E-state index in [1.54, 1.807) is 4.90 Å². The van der Waals surface area contributed by atoms with Gasteiger partial charge < -0.3 is 20.3 Å². The highest BCUT2D eigenvalue weighted by molar-refractivity contribution is 6.35. The van der Waals surface area contributed by atoms with E-state index in [0.29, 0.717) is 19.7 Å². The van der Waals surface area contributed by atoms with Gasteiger partial charge >= 0.3 is 11.8 Å². The van der Waals surface area contributed by atoms with Crippen molar-refractivity contribution in [1.29, 1.82) is 0 Å². The molecule has 0 aromatic heterocycles. The van der Waals surface area contributed by atoms with Crippen LogP contribution in [0, 0.1) is 6.92 Å². The molecule has 2 N–H and O–H groups in total. The minimum absolute atomic E-state index is 0.192. The fourth-order valence-corrected chi connectivity index (χ4v) is 3.06. The van der Waals surface area contributed by atoms with Gasteiger partial charge in [0.05, 0.1) is 19.7 Å². The van der Waals surface area contributed by atoms with Crippen LogP contribution in [0.5, 0.6) is 0 Å². The van der Waals surface area contributed by atoms with E-state index >= 15 is 0 Å². The van der Waals surface area contributed by atoms with Crippen molar-refractivity contribution < 1.29 is 19.1 Å². The third kappa shape index (κ3) is 5.89. The molecular formula is C22H25N3O4. The quantitative estimate of drug-likeness (QED) is 0.748. The number of carbonyl (C=O) groups excluding carboxylic acids is 3. The molecule has 3 rings (SSSR count). The molecule has 152 valence electrons. The Morgan fingerprint density at radius 2 is 1.69 bits per heavy atom. The number of ether oxygens (including phenoxy) is 1. The lowest BCUT2D eigenvalue weighted by Gasteiger charge is -2.33. The van der Waals surface area contributed by atoms with Crippen LogP contribution in [0.1, 0.15) is 22.8 Å². The average molecular weight is 395 g/mol. The summed E-state index contributed by atoms with van der Waals surface area (Å²) in [5, 5.41) is 4.95. The van der Waals surface area contributed by atoms with Gasteiger partial charge in [0.2, 0.25) is 5.91 Å². The summed E-state index contributed by atoms with van der Waals surface area (Å²) < 4.78 is 5.74. The first kappa shape index (κ1) is 20.5. The van der Waals surface area contributed by atoms with Crippen molar-refractivity contribution in [1.82, 2.24) is 15.5 Å². The highest BCUT2D eigenvalue weighted by atomic mass is 16.5. The molecule has 2 aromatic rings. The zero-order chi connectivity index (χ0) is 20.6. The number of hydrogen-bond acceptors (Lipinski definition) is 4. The number of carbonyl (C=O) groups is 3. The van der Waals surface area contributed by atoms with E-state index in [1.807, 2.05) is 61.5 Å². The minimum atomic E-state index is -0.821. The van der Waals surface area contributed by atoms with Gasteiger partial charge in [0.15, 0.2) is 0 Å². The van der Waals surface area contributed by atoms with Crippen LogP contribution in [0.25, 0.3) is 0 Å². The van der Waals surface area contributed by atoms with Crippen molar-refractivity contribution in [3.63, 3.8) is 0 Å². The van der Waals surface area contributed by atoms with Crippen LogP contribution >= 0.6 is 0 Å². The summed E-state index contributed by atoms with van der Waals surface area (Å²) in [5.41, 5.74) is 3.02. The van der Waals surface area contributed by atoms with E-state index < -0.39 is 11.8 Å². The highest BCUT2D eigenvalue weighted by Crippen LogP contribution is 2.21. The first-order valence-corrected chi connectivity index (χ1v) is 9.59. The van der Waals surface area contributed by atoms with Gasteiger partial charge in [-0.1, -0.05) is 60.2 Å². The van der Waals surface area contributed by atoms with Crippen LogP contribution in [0.3, 0.4) is 0 Å². The standard InChI is InChI=1S/C22H25N3O4/c1-16-7-9-17(10-8-16)13-23-21(27)22(28)24-14-20(26)25-11-12-29-19(15-25)18-5-3-2-4-6-18/h2-10,19H,11-15H2,1H3,(H,23,27)(H,24,28)/t19-/m0/s1. The summed E-state index contributed by atoms with van der Waals surface area (Å²) in [6.45, 7) is 3.30. The molecule has 1 fully saturated rings. The Hall–Kier alpha value is -3.19. The smallest absolute Gasteiger partial charge is 0.309 e. The molecule has 0 radical (unpaired) electrons. The fourth-order valence-electron chi connectivity index (χ4n) is 3.06. The second kappa shape index (κ2) is 9.84. The van der Waals surface area contributed by atoms with Crippen LogP contribution in [-0.4, -0.2) is 48.9 Å². The number of nitrogens with one attached hydrogen (secondary N) is 2. The SMILES string of the molecule is Cc1ccc(CNC(=O)C(=O)NCC(=O)N2CCO[C@H](c3ccccc3)C2)cc1. The van der Waals surface area contributed by atoms with Crippen LogP contribution in [0.2, 0.25) is 0 Å². The predicted molar refractivity (Wildman–Crippen MR) is 108 cm³/mol. The largest absolute Gasteiger partial charge is 0.370 e. The van der Waals surface area contributed by atoms with Crippen LogP contribution in [0.15, 0.2) is 54.6 Å². The molecule has 0 unspecified atom stereocenters. The van der Waals surface area contributed by atoms with Crippen molar-refractivity contribution in [3.05, 3.63) is 71.3 Å². The van der Waals surface area contributed by atoms with E-state index in [9.17, 15) is 14.4 Å². The molecule has 1 aliphatic heterocycles. The zero-order valence-corrected chi connectivity index (χ0v) is 16.4. The van der Waals surface area contributed by atoms with Gasteiger partial charge in [-0.25, -0.2) is 0 Å². The second-order valence-electron chi connectivity index (χ2n) is 6.96. The van der Waals surface area contributed by atoms with Gasteiger partial charge in [0.25, 0.3) is 0 Å². The normalized spacial score (nSPS) is 16.2. The molecule has 7 heteroatoms. The molecule has 29 heavy (non-hydrogen) atoms. The van der Waals surface area contributed by atoms with Gasteiger partial charge in [0.1, 0.15) is 6.10 Å². The number of nitrogens with zero attached hydrogens (tertiary/aromatic N) is 1. The molecule has 0 saturated carbocycles. The summed E-state index contributed by atoms with van der Waals surface area (Å²) >= 11 is 0. The maximum absolute atomic E-state index is 12.4. The molecule has 3 amide bonds. The Balaban J connectivity index is 1.43. The van der Waals surface area contributed by atoms with E-state index in [1.165, 1.54) is 0 Å². The Kier molecular flexibility index (Phi) is 6.97. The van der Waals surface area contributed by atoms with Crippen molar-refractivity contribution in [3.8, 4) is 0 Å². The first-order chi connectivity index (χ1) is 14.0. The summed E-state index contributed by atoms with van der Waals surface area (Å²) in [6.07, 6.45) is -0.192. The lowest BCUT2D eigenvalue weighted by atomic mass is 10.1. The van der Waals surface area contributed by atoms with Crippen molar-refractivity contribution >= 4 is 17.7 Å². The third-order valence-corrected chi connectivity index (χ3v) is 4.77. The molecule has 2 aromatic carbocycles. The lowest BCUT2D eigenvalue weighted by molar-refractivity contribution is -0.142. The van der Waals surface area contributed by atoms with Crippen molar-refractivity contribution in [2.45, 2.75) is 19.6 Å². The monoisotopic (exact) mass is 395 g/mol. The van der Waals surface area contributed by atoms with Crippen molar-refractivity contribution in [2.24, 2.45) is 0 Å². The second-order valence-corrected chi connectivity index (χ2v) is 6.96. The molecule has 7 nitrogen and oxygen atoms in total. The maximum Gasteiger partial charge on any atom is 0.309 e. The van der Waals surface area contributed by atoms with E-state index in [2.05, 4.69) is 10.6 Å². The van der Waals surface area contributed by atoms with Gasteiger partial charge in [-0.3, -0.25) is 14.4 Å². The van der Waals surface area contributed by atoms with Gasteiger partial charge in [-0.15, -0.1) is 0 Å². The number of amides is 3. The molecular weight excluding hydrogens is 370 g/mol. The van der Waals surface area contributed by atoms with Gasteiger partial charge in [0, 0.05) is 13.1 Å². The van der Waals surface area contributed by atoms with Gasteiger partial charge in [-0.2, -0.15) is 0 Å². The molecule has 0 spiro atoms. The summed E-state index contributed by atoms with van der Waals surface area (Å²) in [6, 6.07) is 17.3. The predicted octanol–water partition coefficient (Wildman–Crippen LogP) is 1.33. The van der Waals surface area contributed by atoms with E-state index in [0.717, 1.165) is 16.7 Å². The Bertz CT molecular complexity index is 852. The Labute approximate surface area is 170 Å². The van der Waals surface area contributed by atoms with Gasteiger partial charge in [-0.05, 0) is 18.1 Å². The van der Waals surface area contributed by atoms with Crippen LogP contribution in [0.4, 0.5) is 0 Å².